The zero-order valence-electron chi connectivity index (χ0n) is 7.64. The van der Waals surface area contributed by atoms with Crippen molar-refractivity contribution in [2.24, 2.45) is 0 Å². The summed E-state index contributed by atoms with van der Waals surface area (Å²) in [4.78, 5) is 6.71. The molecule has 0 aromatic carbocycles. The molecule has 0 saturated heterocycles. The maximum absolute atomic E-state index is 5.66. The largest absolute Gasteiger partial charge is 0.244 e. The van der Waals surface area contributed by atoms with Gasteiger partial charge in [-0.15, -0.1) is 0 Å². The lowest BCUT2D eigenvalue weighted by Crippen LogP contribution is -2.34. The number of hydrogen-bond donors (Lipinski definition) is 1. The monoisotopic (exact) mass is 218 g/mol. The van der Waals surface area contributed by atoms with Gasteiger partial charge in [-0.2, -0.15) is 0 Å². The molecule has 0 unspecified atom stereocenters. The van der Waals surface area contributed by atoms with Crippen LogP contribution in [0.2, 0.25) is 5.15 Å². The predicted octanol–water partition coefficient (Wildman–Crippen LogP) is 2.80. The van der Waals surface area contributed by atoms with E-state index < -0.39 is 0 Å². The summed E-state index contributed by atoms with van der Waals surface area (Å²) in [5.74, 6) is 0. The van der Waals surface area contributed by atoms with Gasteiger partial charge in [0.15, 0.2) is 0 Å². The maximum Gasteiger partial charge on any atom is 0.129 e. The quantitative estimate of drug-likeness (QED) is 0.624. The van der Waals surface area contributed by atoms with Crippen LogP contribution in [0.15, 0.2) is 18.3 Å². The molecule has 0 aliphatic heterocycles. The molecule has 13 heavy (non-hydrogen) atoms. The summed E-state index contributed by atoms with van der Waals surface area (Å²) >= 11 is 11.2. The van der Waals surface area contributed by atoms with E-state index in [4.69, 9.17) is 23.4 Å². The Morgan fingerprint density at radius 3 is 2.62 bits per heavy atom. The summed E-state index contributed by atoms with van der Waals surface area (Å²) in [6, 6.07) is 3.73. The summed E-state index contributed by atoms with van der Waals surface area (Å²) in [6.07, 6.45) is 2.58. The van der Waals surface area contributed by atoms with E-state index in [0.717, 1.165) is 12.0 Å². The second-order valence-electron chi connectivity index (χ2n) is 3.64. The van der Waals surface area contributed by atoms with Crippen molar-refractivity contribution in [3.63, 3.8) is 0 Å². The van der Waals surface area contributed by atoms with Crippen LogP contribution in [-0.4, -0.2) is 10.5 Å². The van der Waals surface area contributed by atoms with Gasteiger partial charge < -0.3 is 0 Å². The van der Waals surface area contributed by atoms with E-state index in [1.807, 2.05) is 19.9 Å². The zero-order valence-corrected chi connectivity index (χ0v) is 9.15. The molecule has 0 aliphatic rings. The first-order valence-corrected chi connectivity index (χ1v) is 4.77. The van der Waals surface area contributed by atoms with Crippen LogP contribution in [0.25, 0.3) is 0 Å². The topological polar surface area (TPSA) is 24.9 Å². The Morgan fingerprint density at radius 1 is 1.46 bits per heavy atom. The molecule has 1 rings (SSSR count). The number of nitrogens with zero attached hydrogens (tertiary/aromatic N) is 1. The average Bonchev–Trinajstić information content (AvgIpc) is 2.09. The number of hydrogen-bond acceptors (Lipinski definition) is 2. The number of halogens is 2. The molecule has 2 nitrogen and oxygen atoms in total. The maximum atomic E-state index is 5.66. The van der Waals surface area contributed by atoms with Gasteiger partial charge in [0.1, 0.15) is 5.15 Å². The Balaban J connectivity index is 2.69. The van der Waals surface area contributed by atoms with Crippen molar-refractivity contribution in [2.45, 2.75) is 25.8 Å². The standard InChI is InChI=1S/C9H12Cl2N2/c1-9(2,13-11)5-7-3-4-8(10)12-6-7/h3-4,6,13H,5H2,1-2H3. The fraction of sp³-hybridized carbons (Fsp3) is 0.444. The SMILES string of the molecule is CC(C)(Cc1ccc(Cl)nc1)NCl. The molecule has 0 spiro atoms. The van der Waals surface area contributed by atoms with Crippen molar-refractivity contribution < 1.29 is 0 Å². The third kappa shape index (κ3) is 3.51. The van der Waals surface area contributed by atoms with E-state index in [-0.39, 0.29) is 5.54 Å². The minimum absolute atomic E-state index is 0.128. The second kappa shape index (κ2) is 4.27. The highest BCUT2D eigenvalue weighted by Gasteiger charge is 2.16. The second-order valence-corrected chi connectivity index (χ2v) is 4.22. The first kappa shape index (κ1) is 10.8. The summed E-state index contributed by atoms with van der Waals surface area (Å²) < 4.78 is 0. The summed E-state index contributed by atoms with van der Waals surface area (Å²) in [5.41, 5.74) is 0.986. The van der Waals surface area contributed by atoms with Gasteiger partial charge in [0.2, 0.25) is 0 Å². The molecule has 4 heteroatoms. The smallest absolute Gasteiger partial charge is 0.129 e. The van der Waals surface area contributed by atoms with Crippen LogP contribution >= 0.6 is 23.4 Å². The van der Waals surface area contributed by atoms with Crippen molar-refractivity contribution in [3.8, 4) is 0 Å². The Hall–Kier alpha value is -0.310. The van der Waals surface area contributed by atoms with Crippen LogP contribution in [0.5, 0.6) is 0 Å². The summed E-state index contributed by atoms with van der Waals surface area (Å²) in [5, 5.41) is 0.514. The molecule has 1 aromatic heterocycles. The Bertz CT molecular complexity index is 269. The van der Waals surface area contributed by atoms with Gasteiger partial charge in [-0.1, -0.05) is 17.7 Å². The number of rotatable bonds is 3. The van der Waals surface area contributed by atoms with E-state index in [0.29, 0.717) is 5.15 Å². The molecule has 0 atom stereocenters. The molecule has 0 aliphatic carbocycles. The Labute approximate surface area is 88.4 Å². The minimum Gasteiger partial charge on any atom is -0.244 e. The summed E-state index contributed by atoms with van der Waals surface area (Å²) in [7, 11) is 0. The van der Waals surface area contributed by atoms with E-state index >= 15 is 0 Å². The number of pyridine rings is 1. The highest BCUT2D eigenvalue weighted by Crippen LogP contribution is 2.13. The molecule has 0 bridgehead atoms. The van der Waals surface area contributed by atoms with E-state index in [2.05, 4.69) is 9.82 Å². The third-order valence-electron chi connectivity index (χ3n) is 1.69. The fourth-order valence-corrected chi connectivity index (χ4v) is 1.23. The van der Waals surface area contributed by atoms with E-state index in [1.165, 1.54) is 0 Å². The molecule has 1 heterocycles. The minimum atomic E-state index is -0.128. The average molecular weight is 219 g/mol. The molecule has 0 radical (unpaired) electrons. The van der Waals surface area contributed by atoms with Gasteiger partial charge >= 0.3 is 0 Å². The lowest BCUT2D eigenvalue weighted by Gasteiger charge is -2.21. The third-order valence-corrected chi connectivity index (χ3v) is 2.43. The predicted molar refractivity (Wildman–Crippen MR) is 56.0 cm³/mol. The molecule has 0 saturated carbocycles. The van der Waals surface area contributed by atoms with Crippen LogP contribution in [0.1, 0.15) is 19.4 Å². The summed E-state index contributed by atoms with van der Waals surface area (Å²) in [6.45, 7) is 4.04. The molecular formula is C9H12Cl2N2. The van der Waals surface area contributed by atoms with Gasteiger partial charge in [-0.3, -0.25) is 0 Å². The highest BCUT2D eigenvalue weighted by molar-refractivity contribution is 6.29. The van der Waals surface area contributed by atoms with Crippen molar-refractivity contribution >= 4 is 23.4 Å². The number of aromatic nitrogens is 1. The van der Waals surface area contributed by atoms with E-state index in [1.54, 1.807) is 12.3 Å². The highest BCUT2D eigenvalue weighted by atomic mass is 35.5. The fourth-order valence-electron chi connectivity index (χ4n) is 1.05. The number of nitrogens with one attached hydrogen (secondary N) is 1. The van der Waals surface area contributed by atoms with Crippen molar-refractivity contribution in [2.75, 3.05) is 0 Å². The normalized spacial score (nSPS) is 11.7. The van der Waals surface area contributed by atoms with Gasteiger partial charge in [0.05, 0.1) is 0 Å². The van der Waals surface area contributed by atoms with Crippen LogP contribution in [0.3, 0.4) is 0 Å². The molecule has 72 valence electrons. The molecule has 0 amide bonds. The van der Waals surface area contributed by atoms with Gasteiger partial charge in [0.25, 0.3) is 0 Å². The Kier molecular flexibility index (Phi) is 3.54. The lowest BCUT2D eigenvalue weighted by molar-refractivity contribution is 0.472. The van der Waals surface area contributed by atoms with Crippen molar-refractivity contribution in [1.29, 1.82) is 0 Å². The molecular weight excluding hydrogens is 207 g/mol. The van der Waals surface area contributed by atoms with Crippen LogP contribution in [-0.2, 0) is 6.42 Å². The van der Waals surface area contributed by atoms with Gasteiger partial charge in [-0.25, -0.2) is 9.82 Å². The van der Waals surface area contributed by atoms with Crippen LogP contribution in [0.4, 0.5) is 0 Å². The van der Waals surface area contributed by atoms with Crippen molar-refractivity contribution in [1.82, 2.24) is 9.82 Å². The van der Waals surface area contributed by atoms with Gasteiger partial charge in [-0.05, 0) is 43.7 Å². The molecule has 1 N–H and O–H groups in total. The zero-order chi connectivity index (χ0) is 9.90. The van der Waals surface area contributed by atoms with Crippen molar-refractivity contribution in [3.05, 3.63) is 29.0 Å². The first-order chi connectivity index (χ1) is 6.03. The Morgan fingerprint density at radius 2 is 2.15 bits per heavy atom. The van der Waals surface area contributed by atoms with Gasteiger partial charge in [0, 0.05) is 11.7 Å². The molecule has 1 aromatic rings. The van der Waals surface area contributed by atoms with Crippen LogP contribution < -0.4 is 4.84 Å². The molecule has 0 fully saturated rings. The van der Waals surface area contributed by atoms with Crippen LogP contribution in [0, 0.1) is 0 Å². The first-order valence-electron chi connectivity index (χ1n) is 4.02. The lowest BCUT2D eigenvalue weighted by atomic mass is 9.97. The van der Waals surface area contributed by atoms with E-state index in [9.17, 15) is 0 Å².